The molecule has 7 nitrogen and oxygen atoms in total. The monoisotopic (exact) mass is 519 g/mol. The number of aromatic nitrogens is 1. The van der Waals surface area contributed by atoms with Gasteiger partial charge in [-0.05, 0) is 57.0 Å². The molecule has 12 heteroatoms. The first-order valence-corrected chi connectivity index (χ1v) is 11.3. The summed E-state index contributed by atoms with van der Waals surface area (Å²) < 4.78 is 60.1. The largest absolute Gasteiger partial charge is 0.486 e. The molecular formula is C23H26ClF4N3O4. The predicted octanol–water partition coefficient (Wildman–Crippen LogP) is 3.48. The Morgan fingerprint density at radius 2 is 1.97 bits per heavy atom. The normalized spacial score (nSPS) is 28.7. The van der Waals surface area contributed by atoms with Gasteiger partial charge in [-0.1, -0.05) is 6.08 Å². The highest BCUT2D eigenvalue weighted by atomic mass is 35.5. The van der Waals surface area contributed by atoms with Crippen LogP contribution in [0.15, 0.2) is 42.3 Å². The van der Waals surface area contributed by atoms with Crippen molar-refractivity contribution in [2.75, 3.05) is 20.3 Å². The molecule has 192 valence electrons. The van der Waals surface area contributed by atoms with Gasteiger partial charge in [0.1, 0.15) is 30.0 Å². The fourth-order valence-corrected chi connectivity index (χ4v) is 4.61. The number of nitrogens with one attached hydrogen (secondary N) is 2. The number of amides is 1. The van der Waals surface area contributed by atoms with Crippen molar-refractivity contribution in [3.8, 4) is 5.75 Å². The van der Waals surface area contributed by atoms with Gasteiger partial charge in [-0.2, -0.15) is 13.2 Å². The maximum absolute atomic E-state index is 12.8. The van der Waals surface area contributed by atoms with Gasteiger partial charge < -0.3 is 20.1 Å². The van der Waals surface area contributed by atoms with Crippen LogP contribution >= 0.6 is 11.6 Å². The lowest BCUT2D eigenvalue weighted by atomic mass is 9.71. The van der Waals surface area contributed by atoms with E-state index in [1.54, 1.807) is 6.08 Å². The molecule has 1 amide bonds. The van der Waals surface area contributed by atoms with E-state index in [0.717, 1.165) is 44.0 Å². The molecule has 0 saturated heterocycles. The zero-order valence-corrected chi connectivity index (χ0v) is 19.7. The number of halogens is 5. The minimum atomic E-state index is -4.48. The van der Waals surface area contributed by atoms with Crippen molar-refractivity contribution in [1.82, 2.24) is 15.6 Å². The summed E-state index contributed by atoms with van der Waals surface area (Å²) in [6, 6.07) is 1.99. The van der Waals surface area contributed by atoms with Gasteiger partial charge in [0, 0.05) is 11.1 Å². The van der Waals surface area contributed by atoms with Gasteiger partial charge in [-0.25, -0.2) is 9.37 Å². The quantitative estimate of drug-likeness (QED) is 0.310. The van der Waals surface area contributed by atoms with E-state index in [-0.39, 0.29) is 35.9 Å². The van der Waals surface area contributed by atoms with E-state index in [9.17, 15) is 27.2 Å². The van der Waals surface area contributed by atoms with Crippen LogP contribution in [0.3, 0.4) is 0 Å². The Morgan fingerprint density at radius 1 is 1.26 bits per heavy atom. The highest BCUT2D eigenvalue weighted by Gasteiger charge is 2.60. The molecule has 5 rings (SSSR count). The van der Waals surface area contributed by atoms with Crippen LogP contribution in [0.2, 0.25) is 0 Å². The van der Waals surface area contributed by atoms with Gasteiger partial charge in [0.2, 0.25) is 0 Å². The maximum Gasteiger partial charge on any atom is 0.433 e. The number of pyridine rings is 1. The number of alkyl halides is 5. The van der Waals surface area contributed by atoms with Crippen molar-refractivity contribution >= 4 is 23.8 Å². The van der Waals surface area contributed by atoms with E-state index in [1.807, 2.05) is 7.05 Å². The molecule has 35 heavy (non-hydrogen) atoms. The summed E-state index contributed by atoms with van der Waals surface area (Å²) in [4.78, 5) is 25.1. The molecular weight excluding hydrogens is 494 g/mol. The fourth-order valence-electron chi connectivity index (χ4n) is 4.47. The molecule has 0 spiro atoms. The van der Waals surface area contributed by atoms with Crippen LogP contribution in [0.4, 0.5) is 17.6 Å². The summed E-state index contributed by atoms with van der Waals surface area (Å²) in [5, 5.41) is 5.65. The third-order valence-electron chi connectivity index (χ3n) is 6.16. The van der Waals surface area contributed by atoms with Crippen LogP contribution in [0.25, 0.3) is 0 Å². The van der Waals surface area contributed by atoms with E-state index in [2.05, 4.69) is 15.6 Å². The van der Waals surface area contributed by atoms with E-state index in [0.29, 0.717) is 12.0 Å². The Morgan fingerprint density at radius 3 is 2.51 bits per heavy atom. The first-order chi connectivity index (χ1) is 16.5. The van der Waals surface area contributed by atoms with Crippen LogP contribution < -0.4 is 15.4 Å². The number of hydrogen-bond donors (Lipinski definition) is 2. The van der Waals surface area contributed by atoms with Crippen molar-refractivity contribution in [1.29, 1.82) is 0 Å². The van der Waals surface area contributed by atoms with Crippen LogP contribution in [0.5, 0.6) is 5.75 Å². The van der Waals surface area contributed by atoms with Gasteiger partial charge in [0.15, 0.2) is 12.9 Å². The zero-order chi connectivity index (χ0) is 25.7. The minimum absolute atomic E-state index is 0.0597. The SMILES string of the molecule is CNC12CCC(NC(=O)COc3ccc(C(F)(F)F)nc3)(C1)C2.O=CCOC1=CC(F)C(Cl)C=C1. The maximum atomic E-state index is 12.8. The highest BCUT2D eigenvalue weighted by Crippen LogP contribution is 2.54. The van der Waals surface area contributed by atoms with Gasteiger partial charge in [-0.15, -0.1) is 11.6 Å². The number of hydrogen-bond acceptors (Lipinski definition) is 6. The van der Waals surface area contributed by atoms with Crippen molar-refractivity contribution in [3.63, 3.8) is 0 Å². The standard InChI is InChI=1S/C15H18F3N3O2.C8H8ClFO2/c1-19-13-4-5-14(8-13,9-13)21-12(22)7-23-10-2-3-11(20-6-10)15(16,17)18;9-7-2-1-6(5-8(7)10)12-4-3-11/h2-3,6,19H,4-5,7-9H2,1H3,(H,21,22);1-3,5,7-8H,4H2. The number of carbonyl (C=O) groups excluding carboxylic acids is 2. The van der Waals surface area contributed by atoms with Crippen molar-refractivity contribution in [2.24, 2.45) is 0 Å². The lowest BCUT2D eigenvalue weighted by molar-refractivity contribution is -0.141. The van der Waals surface area contributed by atoms with Crippen LogP contribution in [-0.4, -0.2) is 60.1 Å². The van der Waals surface area contributed by atoms with E-state index >= 15 is 0 Å². The second-order valence-electron chi connectivity index (χ2n) is 8.67. The number of nitrogens with zero attached hydrogens (tertiary/aromatic N) is 1. The average Bonchev–Trinajstić information content (AvgIpc) is 3.34. The summed E-state index contributed by atoms with van der Waals surface area (Å²) in [6.45, 7) is -0.294. The first kappa shape index (κ1) is 26.9. The second kappa shape index (κ2) is 10.9. The Hall–Kier alpha value is -2.66. The Labute approximate surface area is 204 Å². The molecule has 2 unspecified atom stereocenters. The van der Waals surface area contributed by atoms with Crippen LogP contribution in [0, 0.1) is 0 Å². The zero-order valence-electron chi connectivity index (χ0n) is 18.9. The molecule has 1 aromatic rings. The first-order valence-electron chi connectivity index (χ1n) is 10.9. The summed E-state index contributed by atoms with van der Waals surface area (Å²) in [6.07, 6.45) is 3.93. The van der Waals surface area contributed by atoms with Crippen LogP contribution in [-0.2, 0) is 20.5 Å². The average molecular weight is 520 g/mol. The van der Waals surface area contributed by atoms with Gasteiger partial charge >= 0.3 is 6.18 Å². The lowest BCUT2D eigenvalue weighted by Gasteiger charge is -2.47. The molecule has 1 aromatic heterocycles. The number of rotatable bonds is 8. The van der Waals surface area contributed by atoms with Crippen molar-refractivity contribution < 1.29 is 36.6 Å². The molecule has 4 aliphatic carbocycles. The molecule has 2 N–H and O–H groups in total. The number of allylic oxidation sites excluding steroid dienone is 3. The third-order valence-corrected chi connectivity index (χ3v) is 6.54. The Kier molecular flexibility index (Phi) is 8.42. The highest BCUT2D eigenvalue weighted by molar-refractivity contribution is 6.22. The molecule has 0 aliphatic heterocycles. The number of fused-ring (bicyclic) bond motifs is 1. The summed E-state index contributed by atoms with van der Waals surface area (Å²) in [5.41, 5.74) is -0.982. The molecule has 1 heterocycles. The molecule has 3 fully saturated rings. The minimum Gasteiger partial charge on any atom is -0.486 e. The lowest BCUT2D eigenvalue weighted by Crippen LogP contribution is -2.63. The van der Waals surface area contributed by atoms with Gasteiger partial charge in [-0.3, -0.25) is 9.59 Å². The summed E-state index contributed by atoms with van der Waals surface area (Å²) >= 11 is 5.53. The number of carbonyl (C=O) groups is 2. The molecule has 4 aliphatic rings. The fraction of sp³-hybridized carbons (Fsp3) is 0.522. The Bertz CT molecular complexity index is 963. The Balaban J connectivity index is 0.000000241. The summed E-state index contributed by atoms with van der Waals surface area (Å²) in [7, 11) is 1.93. The number of ether oxygens (including phenoxy) is 2. The molecule has 2 atom stereocenters. The van der Waals surface area contributed by atoms with Crippen LogP contribution in [0.1, 0.15) is 31.4 Å². The van der Waals surface area contributed by atoms with Gasteiger partial charge in [0.25, 0.3) is 5.91 Å². The van der Waals surface area contributed by atoms with Crippen molar-refractivity contribution in [3.05, 3.63) is 48.0 Å². The smallest absolute Gasteiger partial charge is 0.433 e. The molecule has 3 saturated carbocycles. The van der Waals surface area contributed by atoms with E-state index in [4.69, 9.17) is 21.1 Å². The second-order valence-corrected chi connectivity index (χ2v) is 9.18. The van der Waals surface area contributed by atoms with E-state index in [1.165, 1.54) is 12.2 Å². The molecule has 2 bridgehead atoms. The number of aldehydes is 1. The predicted molar refractivity (Wildman–Crippen MR) is 120 cm³/mol. The summed E-state index contributed by atoms with van der Waals surface area (Å²) in [5.74, 6) is 0.221. The molecule has 0 aromatic carbocycles. The third kappa shape index (κ3) is 6.94. The van der Waals surface area contributed by atoms with Gasteiger partial charge in [0.05, 0.1) is 11.6 Å². The molecule has 0 radical (unpaired) electrons. The topological polar surface area (TPSA) is 89.5 Å². The van der Waals surface area contributed by atoms with Crippen molar-refractivity contribution in [2.45, 2.75) is 54.5 Å². The van der Waals surface area contributed by atoms with E-state index < -0.39 is 23.4 Å².